The highest BCUT2D eigenvalue weighted by molar-refractivity contribution is 5.96. The summed E-state index contributed by atoms with van der Waals surface area (Å²) < 4.78 is 4.83. The van der Waals surface area contributed by atoms with E-state index in [2.05, 4.69) is 27.3 Å². The number of hydrogen-bond acceptors (Lipinski definition) is 5. The van der Waals surface area contributed by atoms with Gasteiger partial charge in [-0.25, -0.2) is 0 Å². The van der Waals surface area contributed by atoms with Gasteiger partial charge in [0.05, 0.1) is 18.7 Å². The molecule has 0 unspecified atom stereocenters. The fraction of sp³-hybridized carbons (Fsp3) is 0.214. The molecule has 102 valence electrons. The zero-order valence-corrected chi connectivity index (χ0v) is 11.0. The lowest BCUT2D eigenvalue weighted by molar-refractivity contribution is 0.0949. The van der Waals surface area contributed by atoms with Gasteiger partial charge in [-0.3, -0.25) is 4.79 Å². The largest absolute Gasteiger partial charge is 0.345 e. The minimum Gasteiger partial charge on any atom is -0.345 e. The highest BCUT2D eigenvalue weighted by Crippen LogP contribution is 2.07. The fourth-order valence-electron chi connectivity index (χ4n) is 1.60. The van der Waals surface area contributed by atoms with Crippen molar-refractivity contribution in [2.45, 2.75) is 13.5 Å². The van der Waals surface area contributed by atoms with Crippen molar-refractivity contribution in [1.82, 2.24) is 15.5 Å². The SMILES string of the molecule is Cc1nc(CNC(=O)c2ccccc2C#CCN)no1. The summed E-state index contributed by atoms with van der Waals surface area (Å²) in [5.74, 6) is 6.26. The van der Waals surface area contributed by atoms with Crippen molar-refractivity contribution >= 4 is 5.91 Å². The van der Waals surface area contributed by atoms with Crippen LogP contribution in [-0.4, -0.2) is 22.6 Å². The average Bonchev–Trinajstić information content (AvgIpc) is 2.88. The maximum atomic E-state index is 12.1. The molecule has 0 fully saturated rings. The van der Waals surface area contributed by atoms with Gasteiger partial charge in [-0.1, -0.05) is 29.1 Å². The summed E-state index contributed by atoms with van der Waals surface area (Å²) in [4.78, 5) is 16.1. The Kier molecular flexibility index (Phi) is 4.47. The molecule has 0 bridgehead atoms. The summed E-state index contributed by atoms with van der Waals surface area (Å²) in [5, 5.41) is 6.43. The molecule has 1 heterocycles. The molecule has 2 rings (SSSR count). The Balaban J connectivity index is 2.09. The zero-order valence-electron chi connectivity index (χ0n) is 11.0. The minimum absolute atomic E-state index is 0.203. The summed E-state index contributed by atoms with van der Waals surface area (Å²) in [7, 11) is 0. The first kappa shape index (κ1) is 13.8. The molecule has 3 N–H and O–H groups in total. The molecule has 0 saturated carbocycles. The Labute approximate surface area is 116 Å². The third-order valence-electron chi connectivity index (χ3n) is 2.47. The van der Waals surface area contributed by atoms with E-state index in [9.17, 15) is 4.79 Å². The van der Waals surface area contributed by atoms with E-state index in [1.165, 1.54) is 0 Å². The predicted molar refractivity (Wildman–Crippen MR) is 72.6 cm³/mol. The Hall–Kier alpha value is -2.65. The number of aromatic nitrogens is 2. The summed E-state index contributed by atoms with van der Waals surface area (Å²) in [6, 6.07) is 7.08. The second-order valence-corrected chi connectivity index (χ2v) is 3.96. The first-order valence-electron chi connectivity index (χ1n) is 6.06. The number of carbonyl (C=O) groups is 1. The van der Waals surface area contributed by atoms with Crippen molar-refractivity contribution in [3.05, 3.63) is 47.1 Å². The van der Waals surface area contributed by atoms with Gasteiger partial charge in [0, 0.05) is 12.5 Å². The van der Waals surface area contributed by atoms with Crippen molar-refractivity contribution in [3.63, 3.8) is 0 Å². The molecule has 20 heavy (non-hydrogen) atoms. The van der Waals surface area contributed by atoms with Gasteiger partial charge in [0.2, 0.25) is 5.89 Å². The minimum atomic E-state index is -0.241. The molecule has 0 saturated heterocycles. The van der Waals surface area contributed by atoms with Crippen LogP contribution in [0.25, 0.3) is 0 Å². The Morgan fingerprint density at radius 1 is 1.45 bits per heavy atom. The van der Waals surface area contributed by atoms with Gasteiger partial charge in [-0.15, -0.1) is 0 Å². The lowest BCUT2D eigenvalue weighted by Gasteiger charge is -2.04. The Morgan fingerprint density at radius 2 is 2.25 bits per heavy atom. The van der Waals surface area contributed by atoms with Gasteiger partial charge in [0.1, 0.15) is 0 Å². The molecular weight excluding hydrogens is 256 g/mol. The number of nitrogens with two attached hydrogens (primary N) is 1. The van der Waals surface area contributed by atoms with Gasteiger partial charge in [0.25, 0.3) is 5.91 Å². The third-order valence-corrected chi connectivity index (χ3v) is 2.47. The summed E-state index contributed by atoms with van der Waals surface area (Å²) in [6.07, 6.45) is 0. The number of benzene rings is 1. The van der Waals surface area contributed by atoms with Gasteiger partial charge in [0.15, 0.2) is 5.82 Å². The molecular formula is C14H14N4O2. The van der Waals surface area contributed by atoms with Crippen molar-refractivity contribution < 1.29 is 9.32 Å². The molecule has 1 aromatic carbocycles. The van der Waals surface area contributed by atoms with E-state index in [0.717, 1.165) is 0 Å². The van der Waals surface area contributed by atoms with Crippen LogP contribution in [0.2, 0.25) is 0 Å². The molecule has 0 aliphatic heterocycles. The normalized spacial score (nSPS) is 9.70. The molecule has 6 heteroatoms. The standard InChI is InChI=1S/C14H14N4O2/c1-10-17-13(18-20-10)9-16-14(19)12-7-3-2-5-11(12)6-4-8-15/h2-3,5,7H,8-9,15H2,1H3,(H,16,19). The van der Waals surface area contributed by atoms with Crippen molar-refractivity contribution in [2.75, 3.05) is 6.54 Å². The van der Waals surface area contributed by atoms with Crippen LogP contribution in [0, 0.1) is 18.8 Å². The second kappa shape index (κ2) is 6.50. The summed E-state index contributed by atoms with van der Waals surface area (Å²) >= 11 is 0. The smallest absolute Gasteiger partial charge is 0.252 e. The van der Waals surface area contributed by atoms with Crippen LogP contribution in [0.4, 0.5) is 0 Å². The number of aryl methyl sites for hydroxylation is 1. The predicted octanol–water partition coefficient (Wildman–Crippen LogP) is 0.618. The number of nitrogens with one attached hydrogen (secondary N) is 1. The highest BCUT2D eigenvalue weighted by atomic mass is 16.5. The summed E-state index contributed by atoms with van der Waals surface area (Å²) in [5.41, 5.74) is 6.47. The van der Waals surface area contributed by atoms with Crippen LogP contribution in [0.5, 0.6) is 0 Å². The molecule has 1 amide bonds. The van der Waals surface area contributed by atoms with E-state index >= 15 is 0 Å². The van der Waals surface area contributed by atoms with E-state index in [0.29, 0.717) is 22.8 Å². The maximum Gasteiger partial charge on any atom is 0.252 e. The number of rotatable bonds is 3. The summed E-state index contributed by atoms with van der Waals surface area (Å²) in [6.45, 7) is 2.14. The second-order valence-electron chi connectivity index (χ2n) is 3.96. The number of amides is 1. The molecule has 2 aromatic rings. The van der Waals surface area contributed by atoms with Crippen LogP contribution in [0.3, 0.4) is 0 Å². The molecule has 0 radical (unpaired) electrons. The number of hydrogen-bond donors (Lipinski definition) is 2. The lowest BCUT2D eigenvalue weighted by Crippen LogP contribution is -2.24. The third kappa shape index (κ3) is 3.43. The van der Waals surface area contributed by atoms with Crippen molar-refractivity contribution in [3.8, 4) is 11.8 Å². The van der Waals surface area contributed by atoms with E-state index in [1.54, 1.807) is 25.1 Å². The first-order valence-corrected chi connectivity index (χ1v) is 6.06. The topological polar surface area (TPSA) is 94.0 Å². The Morgan fingerprint density at radius 3 is 2.95 bits per heavy atom. The molecule has 0 atom stereocenters. The number of carbonyl (C=O) groups excluding carboxylic acids is 1. The molecule has 0 spiro atoms. The quantitative estimate of drug-likeness (QED) is 0.797. The molecule has 0 aliphatic carbocycles. The Bertz CT molecular complexity index is 667. The molecule has 0 aliphatic rings. The van der Waals surface area contributed by atoms with E-state index in [4.69, 9.17) is 10.3 Å². The van der Waals surface area contributed by atoms with Gasteiger partial charge in [-0.2, -0.15) is 4.98 Å². The van der Waals surface area contributed by atoms with Gasteiger partial charge in [-0.05, 0) is 12.1 Å². The van der Waals surface area contributed by atoms with E-state index < -0.39 is 0 Å². The van der Waals surface area contributed by atoms with Crippen LogP contribution < -0.4 is 11.1 Å². The lowest BCUT2D eigenvalue weighted by atomic mass is 10.1. The molecule has 1 aromatic heterocycles. The first-order chi connectivity index (χ1) is 9.70. The van der Waals surface area contributed by atoms with Crippen LogP contribution in [0.15, 0.2) is 28.8 Å². The zero-order chi connectivity index (χ0) is 14.4. The molecule has 6 nitrogen and oxygen atoms in total. The van der Waals surface area contributed by atoms with Gasteiger partial charge >= 0.3 is 0 Å². The van der Waals surface area contributed by atoms with Crippen molar-refractivity contribution in [2.24, 2.45) is 5.73 Å². The highest BCUT2D eigenvalue weighted by Gasteiger charge is 2.10. The van der Waals surface area contributed by atoms with Crippen LogP contribution >= 0.6 is 0 Å². The van der Waals surface area contributed by atoms with Crippen molar-refractivity contribution in [1.29, 1.82) is 0 Å². The fourth-order valence-corrected chi connectivity index (χ4v) is 1.60. The average molecular weight is 270 g/mol. The van der Waals surface area contributed by atoms with Crippen LogP contribution in [-0.2, 0) is 6.54 Å². The number of nitrogens with zero attached hydrogens (tertiary/aromatic N) is 2. The van der Waals surface area contributed by atoms with E-state index in [-0.39, 0.29) is 19.0 Å². The van der Waals surface area contributed by atoms with Gasteiger partial charge < -0.3 is 15.6 Å². The maximum absolute atomic E-state index is 12.1. The van der Waals surface area contributed by atoms with Crippen LogP contribution in [0.1, 0.15) is 27.6 Å². The van der Waals surface area contributed by atoms with E-state index in [1.807, 2.05) is 6.07 Å². The monoisotopic (exact) mass is 270 g/mol.